The molecule has 2 rings (SSSR count). The zero-order valence-electron chi connectivity index (χ0n) is 9.80. The van der Waals surface area contributed by atoms with E-state index in [2.05, 4.69) is 74.5 Å². The molecule has 0 unspecified atom stereocenters. The molecule has 0 nitrogen and oxygen atoms in total. The molecule has 0 fully saturated rings. The van der Waals surface area contributed by atoms with Gasteiger partial charge in [-0.3, -0.25) is 0 Å². The van der Waals surface area contributed by atoms with Crippen molar-refractivity contribution in [2.75, 3.05) is 0 Å². The molecule has 16 heavy (non-hydrogen) atoms. The van der Waals surface area contributed by atoms with Crippen LogP contribution in [-0.4, -0.2) is 5.25 Å². The topological polar surface area (TPSA) is 0 Å². The lowest BCUT2D eigenvalue weighted by Gasteiger charge is -2.26. The molecule has 0 bridgehead atoms. The van der Waals surface area contributed by atoms with Crippen molar-refractivity contribution in [1.29, 1.82) is 0 Å². The summed E-state index contributed by atoms with van der Waals surface area (Å²) < 4.78 is 0. The molecular formula is C15H18S. The molecule has 1 heteroatoms. The third kappa shape index (κ3) is 2.48. The Morgan fingerprint density at radius 2 is 1.06 bits per heavy atom. The van der Waals surface area contributed by atoms with E-state index in [0.717, 1.165) is 0 Å². The van der Waals surface area contributed by atoms with E-state index in [4.69, 9.17) is 0 Å². The van der Waals surface area contributed by atoms with Gasteiger partial charge in [0.2, 0.25) is 0 Å². The zero-order chi connectivity index (χ0) is 11.4. The fourth-order valence-corrected chi connectivity index (χ4v) is 4.40. The Bertz CT molecular complexity index is 380. The lowest BCUT2D eigenvalue weighted by Crippen LogP contribution is -1.98. The molecule has 0 saturated carbocycles. The molecule has 2 aromatic rings. The van der Waals surface area contributed by atoms with Crippen molar-refractivity contribution < 1.29 is 0 Å². The smallest absolute Gasteiger partial charge is 0.00832 e. The van der Waals surface area contributed by atoms with Gasteiger partial charge in [-0.1, -0.05) is 50.2 Å². The number of benzene rings is 2. The number of thiol groups is 1. The monoisotopic (exact) mass is 230 g/mol. The molecule has 0 amide bonds. The van der Waals surface area contributed by atoms with Gasteiger partial charge in [0, 0.05) is 0 Å². The fourth-order valence-electron chi connectivity index (χ4n) is 1.92. The molecule has 0 saturated heterocycles. The number of hydrogen-bond acceptors (Lipinski definition) is 0. The summed E-state index contributed by atoms with van der Waals surface area (Å²) in [5.41, 5.74) is 0. The minimum atomic E-state index is -0.210. The van der Waals surface area contributed by atoms with Crippen molar-refractivity contribution in [2.24, 2.45) is 0 Å². The predicted octanol–water partition coefficient (Wildman–Crippen LogP) is 4.51. The first kappa shape index (κ1) is 11.3. The van der Waals surface area contributed by atoms with Crippen LogP contribution in [0.5, 0.6) is 0 Å². The minimum Gasteiger partial charge on any atom is -0.198 e. The van der Waals surface area contributed by atoms with Gasteiger partial charge in [0.1, 0.15) is 0 Å². The average Bonchev–Trinajstić information content (AvgIpc) is 2.31. The maximum absolute atomic E-state index is 2.31. The average molecular weight is 230 g/mol. The van der Waals surface area contributed by atoms with E-state index in [0.29, 0.717) is 5.25 Å². The quantitative estimate of drug-likeness (QED) is 0.737. The molecule has 0 aliphatic heterocycles. The summed E-state index contributed by atoms with van der Waals surface area (Å²) in [6.07, 6.45) is 0. The van der Waals surface area contributed by atoms with Gasteiger partial charge in [0.05, 0.1) is 0 Å². The lowest BCUT2D eigenvalue weighted by molar-refractivity contribution is 1.09. The highest BCUT2D eigenvalue weighted by atomic mass is 32.2. The fraction of sp³-hybridized carbons (Fsp3) is 0.200. The van der Waals surface area contributed by atoms with Crippen molar-refractivity contribution >= 4 is 10.9 Å². The van der Waals surface area contributed by atoms with Crippen LogP contribution in [-0.2, 0) is 0 Å². The first-order valence-electron chi connectivity index (χ1n) is 5.68. The summed E-state index contributed by atoms with van der Waals surface area (Å²) in [4.78, 5) is 2.94. The van der Waals surface area contributed by atoms with Crippen LogP contribution in [0.1, 0.15) is 13.8 Å². The standard InChI is InChI=1S/C15H18S/c1-13(2)16(14-9-5-3-6-10-14)15-11-7-4-8-12-15/h3-13,16H,1-2H3. The van der Waals surface area contributed by atoms with E-state index >= 15 is 0 Å². The molecule has 0 aromatic heterocycles. The summed E-state index contributed by atoms with van der Waals surface area (Å²) in [7, 11) is -0.210. The van der Waals surface area contributed by atoms with Crippen LogP contribution in [0.25, 0.3) is 0 Å². The van der Waals surface area contributed by atoms with Crippen molar-refractivity contribution in [3.63, 3.8) is 0 Å². The third-order valence-corrected chi connectivity index (χ3v) is 5.33. The van der Waals surface area contributed by atoms with Gasteiger partial charge < -0.3 is 0 Å². The van der Waals surface area contributed by atoms with Crippen LogP contribution >= 0.6 is 10.9 Å². The lowest BCUT2D eigenvalue weighted by atomic mass is 10.4. The van der Waals surface area contributed by atoms with E-state index in [1.807, 2.05) is 0 Å². The van der Waals surface area contributed by atoms with Gasteiger partial charge >= 0.3 is 0 Å². The highest BCUT2D eigenvalue weighted by Gasteiger charge is 2.12. The maximum atomic E-state index is 2.31. The van der Waals surface area contributed by atoms with Gasteiger partial charge in [-0.05, 0) is 39.3 Å². The SMILES string of the molecule is CC(C)[SH](c1ccccc1)c1ccccc1. The molecule has 2 aromatic carbocycles. The van der Waals surface area contributed by atoms with E-state index in [1.165, 1.54) is 9.79 Å². The van der Waals surface area contributed by atoms with Crippen LogP contribution in [0.2, 0.25) is 0 Å². The van der Waals surface area contributed by atoms with Crippen LogP contribution in [0.3, 0.4) is 0 Å². The third-order valence-electron chi connectivity index (χ3n) is 2.59. The van der Waals surface area contributed by atoms with Crippen molar-refractivity contribution in [3.05, 3.63) is 60.7 Å². The predicted molar refractivity (Wildman–Crippen MR) is 73.5 cm³/mol. The second-order valence-electron chi connectivity index (χ2n) is 4.13. The van der Waals surface area contributed by atoms with Crippen molar-refractivity contribution in [2.45, 2.75) is 28.9 Å². The summed E-state index contributed by atoms with van der Waals surface area (Å²) >= 11 is 0. The molecular weight excluding hydrogens is 212 g/mol. The van der Waals surface area contributed by atoms with Gasteiger partial charge in [-0.2, -0.15) is 10.9 Å². The summed E-state index contributed by atoms with van der Waals surface area (Å²) in [5, 5.41) is 0.680. The zero-order valence-corrected chi connectivity index (χ0v) is 10.7. The van der Waals surface area contributed by atoms with Crippen LogP contribution in [0.4, 0.5) is 0 Å². The van der Waals surface area contributed by atoms with Crippen molar-refractivity contribution in [1.82, 2.24) is 0 Å². The minimum absolute atomic E-state index is 0.210. The number of rotatable bonds is 3. The molecule has 0 atom stereocenters. The second-order valence-corrected chi connectivity index (χ2v) is 6.94. The molecule has 0 aliphatic rings. The van der Waals surface area contributed by atoms with Crippen molar-refractivity contribution in [3.8, 4) is 0 Å². The van der Waals surface area contributed by atoms with Gasteiger partial charge in [-0.15, -0.1) is 0 Å². The largest absolute Gasteiger partial charge is 0.198 e. The maximum Gasteiger partial charge on any atom is -0.00832 e. The van der Waals surface area contributed by atoms with Gasteiger partial charge in [0.15, 0.2) is 0 Å². The van der Waals surface area contributed by atoms with Crippen LogP contribution < -0.4 is 0 Å². The van der Waals surface area contributed by atoms with E-state index < -0.39 is 0 Å². The Labute approximate surface area is 101 Å². The number of hydrogen-bond donors (Lipinski definition) is 1. The molecule has 0 N–H and O–H groups in total. The van der Waals surface area contributed by atoms with Gasteiger partial charge in [-0.25, -0.2) is 0 Å². The molecule has 84 valence electrons. The first-order valence-corrected chi connectivity index (χ1v) is 7.09. The summed E-state index contributed by atoms with van der Waals surface area (Å²) in [6, 6.07) is 21.7. The second kappa shape index (κ2) is 5.22. The summed E-state index contributed by atoms with van der Waals surface area (Å²) in [5.74, 6) is 0. The first-order chi connectivity index (χ1) is 7.79. The molecule has 0 spiro atoms. The Kier molecular flexibility index (Phi) is 3.68. The Balaban J connectivity index is 2.40. The molecule has 0 radical (unpaired) electrons. The Morgan fingerprint density at radius 3 is 1.38 bits per heavy atom. The van der Waals surface area contributed by atoms with Crippen LogP contribution in [0, 0.1) is 0 Å². The highest BCUT2D eigenvalue weighted by molar-refractivity contribution is 8.17. The van der Waals surface area contributed by atoms with E-state index in [-0.39, 0.29) is 10.9 Å². The summed E-state index contributed by atoms with van der Waals surface area (Å²) in [6.45, 7) is 4.62. The molecule has 0 aliphatic carbocycles. The normalized spacial score (nSPS) is 11.6. The Hall–Kier alpha value is -1.21. The van der Waals surface area contributed by atoms with E-state index in [9.17, 15) is 0 Å². The van der Waals surface area contributed by atoms with Crippen LogP contribution in [0.15, 0.2) is 70.5 Å². The Morgan fingerprint density at radius 1 is 0.688 bits per heavy atom. The van der Waals surface area contributed by atoms with Gasteiger partial charge in [0.25, 0.3) is 0 Å². The highest BCUT2D eigenvalue weighted by Crippen LogP contribution is 2.47. The van der Waals surface area contributed by atoms with E-state index in [1.54, 1.807) is 0 Å². The molecule has 0 heterocycles.